The number of hydrogen-bond donors (Lipinski definition) is 1. The summed E-state index contributed by atoms with van der Waals surface area (Å²) in [4.78, 5) is 30.4. The van der Waals surface area contributed by atoms with Crippen LogP contribution in [0.3, 0.4) is 0 Å². The number of fused-ring (bicyclic) bond motifs is 1. The first-order valence-corrected chi connectivity index (χ1v) is 12.2. The molecule has 9 heteroatoms. The smallest absolute Gasteiger partial charge is 0.262 e. The number of aromatic nitrogens is 2. The molecule has 33 heavy (non-hydrogen) atoms. The molecule has 0 aliphatic rings. The summed E-state index contributed by atoms with van der Waals surface area (Å²) in [5.41, 5.74) is 2.00. The third-order valence-corrected chi connectivity index (χ3v) is 6.29. The van der Waals surface area contributed by atoms with Crippen molar-refractivity contribution in [1.82, 2.24) is 9.55 Å². The zero-order valence-corrected chi connectivity index (χ0v) is 20.5. The Morgan fingerprint density at radius 2 is 1.91 bits per heavy atom. The topological polar surface area (TPSA) is 82.5 Å². The van der Waals surface area contributed by atoms with Crippen molar-refractivity contribution < 1.29 is 14.3 Å². The summed E-state index contributed by atoms with van der Waals surface area (Å²) in [7, 11) is 0. The van der Waals surface area contributed by atoms with E-state index in [1.54, 1.807) is 28.8 Å². The molecule has 3 rings (SSSR count). The second kappa shape index (κ2) is 12.2. The Bertz CT molecular complexity index is 1160. The molecule has 0 saturated heterocycles. The highest BCUT2D eigenvalue weighted by atomic mass is 35.5. The van der Waals surface area contributed by atoms with Crippen molar-refractivity contribution in [2.24, 2.45) is 0 Å². The fourth-order valence-corrected chi connectivity index (χ4v) is 4.28. The van der Waals surface area contributed by atoms with Crippen LogP contribution in [-0.2, 0) is 20.8 Å². The lowest BCUT2D eigenvalue weighted by Crippen LogP contribution is -2.27. The number of carbonyl (C=O) groups excluding carboxylic acids is 1. The number of anilines is 1. The number of thioether (sulfide) groups is 1. The molecule has 0 radical (unpaired) electrons. The van der Waals surface area contributed by atoms with E-state index >= 15 is 0 Å². The minimum atomic E-state index is -0.411. The first kappa shape index (κ1) is 25.2. The van der Waals surface area contributed by atoms with E-state index in [1.807, 2.05) is 39.0 Å². The molecule has 176 valence electrons. The molecule has 0 atom stereocenters. The minimum absolute atomic E-state index is 0.0939. The lowest BCUT2D eigenvalue weighted by Gasteiger charge is -2.19. The van der Waals surface area contributed by atoms with Crippen LogP contribution in [0.15, 0.2) is 52.4 Å². The molecule has 1 N–H and O–H groups in total. The number of nitrogens with one attached hydrogen (secondary N) is 1. The molecule has 2 aromatic carbocycles. The van der Waals surface area contributed by atoms with E-state index in [0.29, 0.717) is 52.9 Å². The maximum atomic E-state index is 13.2. The van der Waals surface area contributed by atoms with E-state index in [1.165, 1.54) is 11.8 Å². The Hall–Kier alpha value is -2.39. The van der Waals surface area contributed by atoms with Gasteiger partial charge in [-0.15, -0.1) is 0 Å². The summed E-state index contributed by atoms with van der Waals surface area (Å²) in [6.45, 7) is 7.09. The molecule has 0 unspecified atom stereocenters. The van der Waals surface area contributed by atoms with Gasteiger partial charge in [0.25, 0.3) is 5.56 Å². The van der Waals surface area contributed by atoms with Crippen LogP contribution in [0.2, 0.25) is 5.02 Å². The number of rotatable bonds is 11. The summed E-state index contributed by atoms with van der Waals surface area (Å²) >= 11 is 7.36. The van der Waals surface area contributed by atoms with Gasteiger partial charge in [0, 0.05) is 36.9 Å². The molecule has 0 bridgehead atoms. The van der Waals surface area contributed by atoms with Crippen molar-refractivity contribution in [2.75, 3.05) is 24.3 Å². The van der Waals surface area contributed by atoms with Gasteiger partial charge in [0.2, 0.25) is 5.91 Å². The fraction of sp³-hybridized carbons (Fsp3) is 0.375. The maximum absolute atomic E-state index is 13.2. The molecule has 3 aromatic rings. The Morgan fingerprint density at radius 1 is 1.18 bits per heavy atom. The Kier molecular flexibility index (Phi) is 9.31. The summed E-state index contributed by atoms with van der Waals surface area (Å²) in [5, 5.41) is 4.43. The van der Waals surface area contributed by atoms with Crippen LogP contribution in [0.4, 0.5) is 5.69 Å². The van der Waals surface area contributed by atoms with Crippen molar-refractivity contribution in [2.45, 2.75) is 45.2 Å². The van der Waals surface area contributed by atoms with E-state index in [9.17, 15) is 9.59 Å². The first-order chi connectivity index (χ1) is 15.9. The number of nitrogens with zero attached hydrogens (tertiary/aromatic N) is 2. The number of halogens is 1. The van der Waals surface area contributed by atoms with Crippen molar-refractivity contribution in [1.29, 1.82) is 0 Å². The number of para-hydroxylation sites is 1. The van der Waals surface area contributed by atoms with Crippen LogP contribution < -0.4 is 10.9 Å². The molecule has 1 amide bonds. The van der Waals surface area contributed by atoms with Gasteiger partial charge in [-0.25, -0.2) is 4.98 Å². The van der Waals surface area contributed by atoms with Crippen LogP contribution in [-0.4, -0.2) is 40.7 Å². The Labute approximate surface area is 202 Å². The van der Waals surface area contributed by atoms with E-state index in [0.717, 1.165) is 5.56 Å². The third-order valence-electron chi connectivity index (χ3n) is 4.91. The molecule has 1 heterocycles. The number of hydrogen-bond acceptors (Lipinski definition) is 6. The van der Waals surface area contributed by atoms with Gasteiger partial charge in [0.1, 0.15) is 0 Å². The predicted molar refractivity (Wildman–Crippen MR) is 133 cm³/mol. The highest BCUT2D eigenvalue weighted by Crippen LogP contribution is 2.22. The average molecular weight is 490 g/mol. The molecule has 0 saturated carbocycles. The number of amides is 1. The lowest BCUT2D eigenvalue weighted by atomic mass is 10.2. The SMILES string of the molecule is CCOC(CCn1c(SCC(=O)Nc2ccc(C)c(Cl)c2)nc2ccccc2c1=O)OCC. The lowest BCUT2D eigenvalue weighted by molar-refractivity contribution is -0.141. The highest BCUT2D eigenvalue weighted by molar-refractivity contribution is 7.99. The quantitative estimate of drug-likeness (QED) is 0.235. The van der Waals surface area contributed by atoms with Crippen molar-refractivity contribution in [3.05, 3.63) is 63.4 Å². The van der Waals surface area contributed by atoms with Crippen LogP contribution in [0.25, 0.3) is 10.9 Å². The third kappa shape index (κ3) is 6.80. The van der Waals surface area contributed by atoms with Gasteiger partial charge in [0.05, 0.1) is 16.7 Å². The fourth-order valence-electron chi connectivity index (χ4n) is 3.27. The van der Waals surface area contributed by atoms with Crippen molar-refractivity contribution >= 4 is 45.9 Å². The summed E-state index contributed by atoms with van der Waals surface area (Å²) < 4.78 is 12.8. The zero-order chi connectivity index (χ0) is 23.8. The standard InChI is InChI=1S/C24H28ClN3O4S/c1-4-31-22(32-5-2)12-13-28-23(30)18-8-6-7-9-20(18)27-24(28)33-15-21(29)26-17-11-10-16(3)19(25)14-17/h6-11,14,22H,4-5,12-13,15H2,1-3H3,(H,26,29). The highest BCUT2D eigenvalue weighted by Gasteiger charge is 2.16. The maximum Gasteiger partial charge on any atom is 0.262 e. The van der Waals surface area contributed by atoms with Crippen molar-refractivity contribution in [3.63, 3.8) is 0 Å². The second-order valence-corrected chi connectivity index (χ2v) is 8.65. The van der Waals surface area contributed by atoms with Crippen LogP contribution in [0.5, 0.6) is 0 Å². The number of aryl methyl sites for hydroxylation is 1. The minimum Gasteiger partial charge on any atom is -0.353 e. The van der Waals surface area contributed by atoms with Crippen LogP contribution in [0.1, 0.15) is 25.8 Å². The van der Waals surface area contributed by atoms with E-state index < -0.39 is 6.29 Å². The van der Waals surface area contributed by atoms with Gasteiger partial charge in [-0.3, -0.25) is 14.2 Å². The largest absolute Gasteiger partial charge is 0.353 e. The van der Waals surface area contributed by atoms with E-state index in [-0.39, 0.29) is 17.2 Å². The molecule has 0 aliphatic carbocycles. The van der Waals surface area contributed by atoms with E-state index in [2.05, 4.69) is 10.3 Å². The van der Waals surface area contributed by atoms with Crippen molar-refractivity contribution in [3.8, 4) is 0 Å². The molecule has 1 aromatic heterocycles. The number of carbonyl (C=O) groups is 1. The van der Waals surface area contributed by atoms with Gasteiger partial charge in [-0.2, -0.15) is 0 Å². The molecule has 0 fully saturated rings. The predicted octanol–water partition coefficient (Wildman–Crippen LogP) is 4.88. The summed E-state index contributed by atoms with van der Waals surface area (Å²) in [6, 6.07) is 12.6. The van der Waals surface area contributed by atoms with Gasteiger partial charge in [-0.1, -0.05) is 41.6 Å². The first-order valence-electron chi connectivity index (χ1n) is 10.8. The molecular weight excluding hydrogens is 462 g/mol. The molecule has 0 aliphatic heterocycles. The summed E-state index contributed by atoms with van der Waals surface area (Å²) in [5.74, 6) is -0.119. The monoisotopic (exact) mass is 489 g/mol. The molecule has 7 nitrogen and oxygen atoms in total. The van der Waals surface area contributed by atoms with Gasteiger partial charge < -0.3 is 14.8 Å². The average Bonchev–Trinajstić information content (AvgIpc) is 2.80. The van der Waals surface area contributed by atoms with Gasteiger partial charge in [-0.05, 0) is 50.6 Å². The van der Waals surface area contributed by atoms with E-state index in [4.69, 9.17) is 21.1 Å². The van der Waals surface area contributed by atoms with Crippen LogP contribution >= 0.6 is 23.4 Å². The Balaban J connectivity index is 1.79. The number of benzene rings is 2. The Morgan fingerprint density at radius 3 is 2.61 bits per heavy atom. The number of ether oxygens (including phenoxy) is 2. The zero-order valence-electron chi connectivity index (χ0n) is 19.0. The van der Waals surface area contributed by atoms with Crippen LogP contribution in [0, 0.1) is 6.92 Å². The molecular formula is C24H28ClN3O4S. The second-order valence-electron chi connectivity index (χ2n) is 7.30. The van der Waals surface area contributed by atoms with Gasteiger partial charge >= 0.3 is 0 Å². The normalized spacial score (nSPS) is 11.3. The summed E-state index contributed by atoms with van der Waals surface area (Å²) in [6.07, 6.45) is 0.0780. The van der Waals surface area contributed by atoms with Gasteiger partial charge in [0.15, 0.2) is 11.4 Å². The molecule has 0 spiro atoms.